The highest BCUT2D eigenvalue weighted by Gasteiger charge is 2.23. The van der Waals surface area contributed by atoms with Gasteiger partial charge in [0, 0.05) is 56.4 Å². The molecule has 1 N–H and O–H groups in total. The zero-order chi connectivity index (χ0) is 26.8. The summed E-state index contributed by atoms with van der Waals surface area (Å²) in [5, 5.41) is 16.0. The Morgan fingerprint density at radius 1 is 1.05 bits per heavy atom. The molecule has 1 aliphatic rings. The maximum absolute atomic E-state index is 15.2. The molecule has 4 aromatic rings. The second-order valence-corrected chi connectivity index (χ2v) is 9.33. The Kier molecular flexibility index (Phi) is 7.11. The number of oxime groups is 1. The van der Waals surface area contributed by atoms with Crippen molar-refractivity contribution in [3.8, 4) is 0 Å². The normalized spacial score (nSPS) is 14.8. The number of aromatic carboxylic acids is 1. The third-order valence-electron chi connectivity index (χ3n) is 7.09. The van der Waals surface area contributed by atoms with Gasteiger partial charge in [0.1, 0.15) is 24.2 Å². The minimum absolute atomic E-state index is 0.0717. The lowest BCUT2D eigenvalue weighted by Crippen LogP contribution is -2.48. The number of carboxylic acid groups (broad SMARTS) is 1. The number of piperazine rings is 1. The summed E-state index contributed by atoms with van der Waals surface area (Å²) in [6, 6.07) is 17.2. The molecule has 1 aliphatic heterocycles. The van der Waals surface area contributed by atoms with Crippen molar-refractivity contribution in [1.82, 2.24) is 9.47 Å². The summed E-state index contributed by atoms with van der Waals surface area (Å²) in [5.74, 6) is -1.86. The monoisotopic (exact) mass is 516 g/mol. The topological polar surface area (TPSA) is 87.4 Å². The lowest BCUT2D eigenvalue weighted by Gasteiger charge is -2.36. The van der Waals surface area contributed by atoms with Crippen LogP contribution in [0.4, 0.5) is 10.1 Å². The highest BCUT2D eigenvalue weighted by molar-refractivity contribution is 6.04. The Labute approximate surface area is 219 Å². The number of pyridine rings is 1. The highest BCUT2D eigenvalue weighted by Crippen LogP contribution is 2.26. The molecule has 0 atom stereocenters. The number of nitrogens with zero attached hydrogens (tertiary/aromatic N) is 4. The van der Waals surface area contributed by atoms with Crippen LogP contribution in [0.1, 0.15) is 22.8 Å². The van der Waals surface area contributed by atoms with E-state index in [-0.39, 0.29) is 10.9 Å². The molecule has 0 radical (unpaired) electrons. The third-order valence-corrected chi connectivity index (χ3v) is 7.09. The van der Waals surface area contributed by atoms with Gasteiger partial charge in [-0.2, -0.15) is 0 Å². The second kappa shape index (κ2) is 10.6. The lowest BCUT2D eigenvalue weighted by molar-refractivity contribution is 0.0695. The molecule has 1 fully saturated rings. The number of rotatable bonds is 7. The molecule has 0 amide bonds. The van der Waals surface area contributed by atoms with Crippen LogP contribution in [0.2, 0.25) is 0 Å². The number of hydrogen-bond donors (Lipinski definition) is 1. The molecule has 196 valence electrons. The molecule has 9 heteroatoms. The Morgan fingerprint density at radius 3 is 2.47 bits per heavy atom. The minimum atomic E-state index is -1.32. The van der Waals surface area contributed by atoms with E-state index in [9.17, 15) is 14.7 Å². The van der Waals surface area contributed by atoms with E-state index < -0.39 is 17.2 Å². The Balaban J connectivity index is 1.35. The predicted molar refractivity (Wildman–Crippen MR) is 147 cm³/mol. The van der Waals surface area contributed by atoms with Crippen LogP contribution in [0, 0.1) is 5.82 Å². The van der Waals surface area contributed by atoms with E-state index in [1.807, 2.05) is 30.0 Å². The summed E-state index contributed by atoms with van der Waals surface area (Å²) in [6.07, 6.45) is 1.33. The van der Waals surface area contributed by atoms with Crippen molar-refractivity contribution >= 4 is 39.0 Å². The van der Waals surface area contributed by atoms with Crippen molar-refractivity contribution in [2.75, 3.05) is 44.7 Å². The third kappa shape index (κ3) is 4.84. The molecular weight excluding hydrogens is 487 g/mol. The SMILES string of the molecule is CCn1cc(C(=O)O)c(=O)c2cc(F)c(N3CCN(CC(=NOC)c4ccc5ccccc5c4)CC3)cc21. The number of fused-ring (bicyclic) bond motifs is 2. The first-order valence-corrected chi connectivity index (χ1v) is 12.6. The highest BCUT2D eigenvalue weighted by atomic mass is 19.1. The first-order chi connectivity index (χ1) is 18.4. The molecule has 1 aromatic heterocycles. The van der Waals surface area contributed by atoms with E-state index in [1.54, 1.807) is 10.6 Å². The molecule has 8 nitrogen and oxygen atoms in total. The molecule has 0 aliphatic carbocycles. The number of carbonyl (C=O) groups is 1. The van der Waals surface area contributed by atoms with Gasteiger partial charge >= 0.3 is 5.97 Å². The summed E-state index contributed by atoms with van der Waals surface area (Å²) in [7, 11) is 1.54. The standard InChI is InChI=1S/C29H29FN4O4/c1-3-33-17-23(29(36)37)28(35)22-15-24(30)27(16-26(22)33)34-12-10-32(11-13-34)18-25(31-38-2)21-9-8-19-6-4-5-7-20(19)14-21/h4-9,14-17H,3,10-13,18H2,1-2H3,(H,36,37). The number of carboxylic acids is 1. The molecule has 1 saturated heterocycles. The van der Waals surface area contributed by atoms with Gasteiger partial charge in [0.25, 0.3) is 0 Å². The van der Waals surface area contributed by atoms with E-state index in [4.69, 9.17) is 4.84 Å². The van der Waals surface area contributed by atoms with Crippen LogP contribution in [0.3, 0.4) is 0 Å². The van der Waals surface area contributed by atoms with Gasteiger partial charge in [-0.1, -0.05) is 41.6 Å². The quantitative estimate of drug-likeness (QED) is 0.293. The number of aryl methyl sites for hydroxylation is 1. The first kappa shape index (κ1) is 25.4. The maximum Gasteiger partial charge on any atom is 0.341 e. The lowest BCUT2D eigenvalue weighted by atomic mass is 10.0. The van der Waals surface area contributed by atoms with Crippen LogP contribution in [0.15, 0.2) is 70.7 Å². The van der Waals surface area contributed by atoms with Crippen LogP contribution in [-0.2, 0) is 11.4 Å². The summed E-state index contributed by atoms with van der Waals surface area (Å²) in [5.41, 5.74) is 1.71. The average molecular weight is 517 g/mol. The fourth-order valence-electron chi connectivity index (χ4n) is 5.07. The van der Waals surface area contributed by atoms with Gasteiger partial charge in [0.2, 0.25) is 5.43 Å². The van der Waals surface area contributed by atoms with Crippen molar-refractivity contribution in [2.24, 2.45) is 5.16 Å². The summed E-state index contributed by atoms with van der Waals surface area (Å²) in [6.45, 7) is 5.44. The Hall–Kier alpha value is -4.24. The zero-order valence-electron chi connectivity index (χ0n) is 21.4. The fraction of sp³-hybridized carbons (Fsp3) is 0.276. The first-order valence-electron chi connectivity index (χ1n) is 12.6. The Bertz CT molecular complexity index is 1610. The summed E-state index contributed by atoms with van der Waals surface area (Å²) in [4.78, 5) is 33.5. The molecule has 5 rings (SSSR count). The largest absolute Gasteiger partial charge is 0.477 e. The van der Waals surface area contributed by atoms with Crippen molar-refractivity contribution in [2.45, 2.75) is 13.5 Å². The van der Waals surface area contributed by atoms with Crippen LogP contribution < -0.4 is 10.3 Å². The van der Waals surface area contributed by atoms with Crippen LogP contribution in [0.5, 0.6) is 0 Å². The number of aromatic nitrogens is 1. The molecule has 0 bridgehead atoms. The summed E-state index contributed by atoms with van der Waals surface area (Å²) < 4.78 is 16.9. The molecule has 0 saturated carbocycles. The van der Waals surface area contributed by atoms with Gasteiger partial charge in [-0.05, 0) is 35.9 Å². The molecule has 0 unspecified atom stereocenters. The van der Waals surface area contributed by atoms with Crippen molar-refractivity contribution in [3.63, 3.8) is 0 Å². The van der Waals surface area contributed by atoms with Gasteiger partial charge < -0.3 is 19.4 Å². The molecule has 0 spiro atoms. The number of anilines is 1. The molecular formula is C29H29FN4O4. The maximum atomic E-state index is 15.2. The van der Waals surface area contributed by atoms with Crippen molar-refractivity contribution in [3.05, 3.63) is 88.0 Å². The Morgan fingerprint density at radius 2 is 1.79 bits per heavy atom. The molecule has 3 aromatic carbocycles. The molecule has 2 heterocycles. The number of benzene rings is 3. The van der Waals surface area contributed by atoms with E-state index in [2.05, 4.69) is 34.3 Å². The fourth-order valence-corrected chi connectivity index (χ4v) is 5.07. The van der Waals surface area contributed by atoms with Crippen LogP contribution in [-0.4, -0.2) is 66.1 Å². The van der Waals surface area contributed by atoms with Gasteiger partial charge in [-0.25, -0.2) is 9.18 Å². The van der Waals surface area contributed by atoms with Gasteiger partial charge in [0.05, 0.1) is 11.2 Å². The van der Waals surface area contributed by atoms with E-state index in [1.165, 1.54) is 19.4 Å². The van der Waals surface area contributed by atoms with E-state index in [0.29, 0.717) is 50.5 Å². The number of halogens is 1. The van der Waals surface area contributed by atoms with E-state index >= 15 is 4.39 Å². The van der Waals surface area contributed by atoms with Crippen LogP contribution in [0.25, 0.3) is 21.7 Å². The van der Waals surface area contributed by atoms with Gasteiger partial charge in [0.15, 0.2) is 0 Å². The van der Waals surface area contributed by atoms with Gasteiger partial charge in [-0.3, -0.25) is 9.69 Å². The number of hydrogen-bond acceptors (Lipinski definition) is 6. The van der Waals surface area contributed by atoms with Gasteiger partial charge in [-0.15, -0.1) is 0 Å². The summed E-state index contributed by atoms with van der Waals surface area (Å²) >= 11 is 0. The molecule has 38 heavy (non-hydrogen) atoms. The zero-order valence-corrected chi connectivity index (χ0v) is 21.4. The smallest absolute Gasteiger partial charge is 0.341 e. The second-order valence-electron chi connectivity index (χ2n) is 9.33. The predicted octanol–water partition coefficient (Wildman–Crippen LogP) is 4.18. The van der Waals surface area contributed by atoms with Crippen molar-refractivity contribution < 1.29 is 19.1 Å². The van der Waals surface area contributed by atoms with Crippen LogP contribution >= 0.6 is 0 Å². The van der Waals surface area contributed by atoms with Crippen molar-refractivity contribution in [1.29, 1.82) is 0 Å². The van der Waals surface area contributed by atoms with E-state index in [0.717, 1.165) is 22.0 Å². The minimum Gasteiger partial charge on any atom is -0.477 e. The average Bonchev–Trinajstić information content (AvgIpc) is 2.93.